The normalized spacial score (nSPS) is 15.0. The Morgan fingerprint density at radius 2 is 1.73 bits per heavy atom. The van der Waals surface area contributed by atoms with Crippen molar-refractivity contribution in [1.82, 2.24) is 4.31 Å². The van der Waals surface area contributed by atoms with Crippen LogP contribution < -0.4 is 0 Å². The van der Waals surface area contributed by atoms with Gasteiger partial charge in [-0.1, -0.05) is 25.5 Å². The number of methoxy groups -OCH3 is 1. The fourth-order valence-electron chi connectivity index (χ4n) is 3.20. The predicted molar refractivity (Wildman–Crippen MR) is 110 cm³/mol. The zero-order valence-corrected chi connectivity index (χ0v) is 18.0. The molecule has 0 amide bonds. The highest BCUT2D eigenvalue weighted by Gasteiger charge is 2.44. The van der Waals surface area contributed by atoms with Crippen molar-refractivity contribution < 1.29 is 31.5 Å². The van der Waals surface area contributed by atoms with E-state index in [0.29, 0.717) is 18.4 Å². The van der Waals surface area contributed by atoms with E-state index in [0.717, 1.165) is 28.6 Å². The maximum Gasteiger partial charge on any atom is 0.335 e. The lowest BCUT2D eigenvalue weighted by molar-refractivity contribution is 0.0696. The molecule has 0 saturated heterocycles. The third-order valence-electron chi connectivity index (χ3n) is 4.70. The fourth-order valence-corrected chi connectivity index (χ4v) is 6.91. The van der Waals surface area contributed by atoms with Gasteiger partial charge in [0.2, 0.25) is 9.84 Å². The summed E-state index contributed by atoms with van der Waals surface area (Å²) in [5.74, 6) is -1.23. The van der Waals surface area contributed by atoms with E-state index in [1.165, 1.54) is 13.2 Å². The molecule has 2 aromatic carbocycles. The molecule has 1 heterocycles. The number of sulfonamides is 1. The molecule has 1 aliphatic heterocycles. The number of ether oxygens (including phenoxy) is 1. The third-order valence-corrected chi connectivity index (χ3v) is 8.48. The molecular weight excluding hydrogens is 430 g/mol. The molecule has 10 heteroatoms. The highest BCUT2D eigenvalue weighted by atomic mass is 32.2. The van der Waals surface area contributed by atoms with E-state index in [2.05, 4.69) is 0 Å². The second-order valence-electron chi connectivity index (χ2n) is 6.60. The van der Waals surface area contributed by atoms with Gasteiger partial charge in [-0.3, -0.25) is 4.31 Å². The van der Waals surface area contributed by atoms with Crippen LogP contribution in [0, 0.1) is 0 Å². The number of carboxylic acids is 1. The van der Waals surface area contributed by atoms with Crippen LogP contribution in [0.1, 0.15) is 35.7 Å². The first-order chi connectivity index (χ1) is 14.2. The minimum absolute atomic E-state index is 0.0187. The SMILES string of the molecule is CCCCN(C1=C(OC)c2ccccc2S1(=O)=O)S(=O)(=O)c1ccc(C(=O)O)cc1. The summed E-state index contributed by atoms with van der Waals surface area (Å²) in [7, 11) is -7.16. The van der Waals surface area contributed by atoms with E-state index >= 15 is 0 Å². The van der Waals surface area contributed by atoms with Crippen LogP contribution in [0.25, 0.3) is 5.76 Å². The zero-order chi connectivity index (χ0) is 22.1. The number of aromatic carboxylic acids is 1. The van der Waals surface area contributed by atoms with Gasteiger partial charge in [0.05, 0.1) is 22.5 Å². The van der Waals surface area contributed by atoms with Gasteiger partial charge in [0.25, 0.3) is 10.0 Å². The van der Waals surface area contributed by atoms with Gasteiger partial charge in [-0.05, 0) is 42.8 Å². The second-order valence-corrected chi connectivity index (χ2v) is 10.3. The Bertz CT molecular complexity index is 1210. The number of rotatable bonds is 8. The highest BCUT2D eigenvalue weighted by molar-refractivity contribution is 7.97. The summed E-state index contributed by atoms with van der Waals surface area (Å²) in [6.45, 7) is 1.78. The fraction of sp³-hybridized carbons (Fsp3) is 0.250. The van der Waals surface area contributed by atoms with Gasteiger partial charge in [0.1, 0.15) is 0 Å². The smallest absolute Gasteiger partial charge is 0.335 e. The number of hydrogen-bond acceptors (Lipinski definition) is 6. The van der Waals surface area contributed by atoms with Crippen molar-refractivity contribution in [3.8, 4) is 0 Å². The van der Waals surface area contributed by atoms with Gasteiger partial charge >= 0.3 is 5.97 Å². The van der Waals surface area contributed by atoms with Crippen LogP contribution in [0.2, 0.25) is 0 Å². The van der Waals surface area contributed by atoms with Gasteiger partial charge in [0, 0.05) is 12.1 Å². The summed E-state index contributed by atoms with van der Waals surface area (Å²) >= 11 is 0. The predicted octanol–water partition coefficient (Wildman–Crippen LogP) is 2.94. The van der Waals surface area contributed by atoms with Crippen molar-refractivity contribution in [2.75, 3.05) is 13.7 Å². The summed E-state index contributed by atoms with van der Waals surface area (Å²) in [5, 5.41) is 8.62. The van der Waals surface area contributed by atoms with E-state index in [1.807, 2.05) is 6.92 Å². The standard InChI is InChI=1S/C20H21NO7S2/c1-3-4-13-21(30(26,27)15-11-9-14(10-12-15)20(22)23)19-18(28-2)16-7-5-6-8-17(16)29(19,24)25/h5-12H,3-4,13H2,1-2H3,(H,22,23). The molecule has 30 heavy (non-hydrogen) atoms. The Morgan fingerprint density at radius 1 is 1.10 bits per heavy atom. The lowest BCUT2D eigenvalue weighted by Crippen LogP contribution is -2.34. The van der Waals surface area contributed by atoms with Crippen LogP contribution in [-0.4, -0.2) is 45.9 Å². The largest absolute Gasteiger partial charge is 0.493 e. The molecule has 0 unspecified atom stereocenters. The molecule has 0 spiro atoms. The van der Waals surface area contributed by atoms with E-state index in [-0.39, 0.29) is 27.7 Å². The average Bonchev–Trinajstić information content (AvgIpc) is 2.95. The molecule has 8 nitrogen and oxygen atoms in total. The van der Waals surface area contributed by atoms with Crippen molar-refractivity contribution >= 4 is 31.6 Å². The first-order valence-electron chi connectivity index (χ1n) is 9.15. The van der Waals surface area contributed by atoms with Crippen LogP contribution in [0.5, 0.6) is 0 Å². The topological polar surface area (TPSA) is 118 Å². The summed E-state index contributed by atoms with van der Waals surface area (Å²) in [6.07, 6.45) is 1.05. The van der Waals surface area contributed by atoms with Crippen molar-refractivity contribution in [1.29, 1.82) is 0 Å². The van der Waals surface area contributed by atoms with E-state index < -0.39 is 30.9 Å². The van der Waals surface area contributed by atoms with Crippen molar-refractivity contribution in [2.24, 2.45) is 0 Å². The minimum atomic E-state index is -4.31. The first-order valence-corrected chi connectivity index (χ1v) is 12.1. The average molecular weight is 452 g/mol. The van der Waals surface area contributed by atoms with E-state index in [9.17, 15) is 21.6 Å². The van der Waals surface area contributed by atoms with Crippen LogP contribution in [-0.2, 0) is 24.6 Å². The Labute approximate surface area is 175 Å². The summed E-state index contributed by atoms with van der Waals surface area (Å²) in [5.41, 5.74) is 0.222. The summed E-state index contributed by atoms with van der Waals surface area (Å²) in [4.78, 5) is 10.8. The Balaban J connectivity index is 2.20. The maximum atomic E-state index is 13.4. The number of unbranched alkanes of at least 4 members (excludes halogenated alkanes) is 1. The van der Waals surface area contributed by atoms with Gasteiger partial charge in [-0.25, -0.2) is 21.6 Å². The Morgan fingerprint density at radius 3 is 2.30 bits per heavy atom. The number of carbonyl (C=O) groups is 1. The van der Waals surface area contributed by atoms with Gasteiger partial charge in [-0.2, -0.15) is 0 Å². The van der Waals surface area contributed by atoms with Crippen LogP contribution in [0.3, 0.4) is 0 Å². The molecule has 0 bridgehead atoms. The lowest BCUT2D eigenvalue weighted by Gasteiger charge is -2.25. The van der Waals surface area contributed by atoms with Gasteiger partial charge in [-0.15, -0.1) is 0 Å². The van der Waals surface area contributed by atoms with Crippen LogP contribution in [0.15, 0.2) is 63.4 Å². The molecule has 160 valence electrons. The first kappa shape index (κ1) is 21.8. The molecule has 3 rings (SSSR count). The van der Waals surface area contributed by atoms with E-state index in [4.69, 9.17) is 9.84 Å². The molecular formula is C20H21NO7S2. The van der Waals surface area contributed by atoms with Gasteiger partial charge in [0.15, 0.2) is 10.8 Å². The molecule has 2 aromatic rings. The molecule has 1 N–H and O–H groups in total. The maximum absolute atomic E-state index is 13.4. The zero-order valence-electron chi connectivity index (χ0n) is 16.4. The molecule has 0 fully saturated rings. The van der Waals surface area contributed by atoms with Crippen molar-refractivity contribution in [2.45, 2.75) is 29.6 Å². The Hall–Kier alpha value is -2.85. The summed E-state index contributed by atoms with van der Waals surface area (Å²) in [6, 6.07) is 10.8. The number of sulfone groups is 1. The Kier molecular flexibility index (Phi) is 5.91. The number of carboxylic acid groups (broad SMARTS) is 1. The number of benzene rings is 2. The summed E-state index contributed by atoms with van der Waals surface area (Å²) < 4.78 is 59.6. The molecule has 0 radical (unpaired) electrons. The van der Waals surface area contributed by atoms with E-state index in [1.54, 1.807) is 18.2 Å². The second kappa shape index (κ2) is 8.11. The van der Waals surface area contributed by atoms with Crippen LogP contribution in [0.4, 0.5) is 0 Å². The molecule has 0 saturated carbocycles. The minimum Gasteiger partial charge on any atom is -0.493 e. The number of nitrogens with zero attached hydrogens (tertiary/aromatic N) is 1. The number of fused-ring (bicyclic) bond motifs is 1. The molecule has 1 aliphatic rings. The van der Waals surface area contributed by atoms with Crippen LogP contribution >= 0.6 is 0 Å². The van der Waals surface area contributed by atoms with Crippen molar-refractivity contribution in [3.05, 3.63) is 64.7 Å². The molecule has 0 aromatic heterocycles. The van der Waals surface area contributed by atoms with Crippen molar-refractivity contribution in [3.63, 3.8) is 0 Å². The quantitative estimate of drug-likeness (QED) is 0.655. The third kappa shape index (κ3) is 3.56. The molecule has 0 aliphatic carbocycles. The lowest BCUT2D eigenvalue weighted by atomic mass is 10.2. The van der Waals surface area contributed by atoms with Gasteiger partial charge < -0.3 is 9.84 Å². The molecule has 0 atom stereocenters. The number of hydrogen-bond donors (Lipinski definition) is 1. The monoisotopic (exact) mass is 451 g/mol. The highest BCUT2D eigenvalue weighted by Crippen LogP contribution is 2.42.